The zero-order valence-electron chi connectivity index (χ0n) is 18.6. The summed E-state index contributed by atoms with van der Waals surface area (Å²) in [6, 6.07) is 5.18. The Balaban J connectivity index is 2.10. The number of esters is 2. The van der Waals surface area contributed by atoms with Crippen molar-refractivity contribution in [3.05, 3.63) is 23.8 Å². The third-order valence-electron chi connectivity index (χ3n) is 4.71. The quantitative estimate of drug-likeness (QED) is 0.390. The highest BCUT2D eigenvalue weighted by Gasteiger charge is 2.32. The van der Waals surface area contributed by atoms with Gasteiger partial charge in [0.25, 0.3) is 0 Å². The molecule has 1 N–H and O–H groups in total. The van der Waals surface area contributed by atoms with Crippen LogP contribution in [0.2, 0.25) is 25.7 Å². The molecule has 0 amide bonds. The number of benzene rings is 1. The van der Waals surface area contributed by atoms with Crippen LogP contribution in [0.15, 0.2) is 18.2 Å². The molecule has 1 aliphatic heterocycles. The number of anilines is 1. The molecular formula is C21H27N3O6Si. The number of nitrogens with zero attached hydrogens (tertiary/aromatic N) is 2. The molecule has 0 saturated carbocycles. The summed E-state index contributed by atoms with van der Waals surface area (Å²) in [6.45, 7) is 8.54. The monoisotopic (exact) mass is 445 g/mol. The second-order valence-corrected chi connectivity index (χ2v) is 14.0. The Hall–Kier alpha value is -3.14. The molecule has 0 spiro atoms. The number of carbonyl (C=O) groups excluding carboxylic acids is 2. The van der Waals surface area contributed by atoms with Crippen molar-refractivity contribution in [2.75, 3.05) is 26.1 Å². The Morgan fingerprint density at radius 2 is 1.81 bits per heavy atom. The molecule has 1 aromatic heterocycles. The van der Waals surface area contributed by atoms with Gasteiger partial charge in [0, 0.05) is 13.6 Å². The van der Waals surface area contributed by atoms with Crippen molar-refractivity contribution in [2.24, 2.45) is 0 Å². The van der Waals surface area contributed by atoms with E-state index < -0.39 is 26.1 Å². The summed E-state index contributed by atoms with van der Waals surface area (Å²) >= 11 is 0. The van der Waals surface area contributed by atoms with Crippen molar-refractivity contribution in [1.82, 2.24) is 9.97 Å². The molecule has 3 rings (SSSR count). The van der Waals surface area contributed by atoms with E-state index in [9.17, 15) is 9.59 Å². The number of rotatable bonds is 7. The zero-order valence-corrected chi connectivity index (χ0v) is 19.6. The first-order chi connectivity index (χ1) is 14.6. The van der Waals surface area contributed by atoms with Crippen molar-refractivity contribution in [3.8, 4) is 28.9 Å². The van der Waals surface area contributed by atoms with Gasteiger partial charge in [-0.1, -0.05) is 19.6 Å². The number of ether oxygens (including phenoxy) is 4. The van der Waals surface area contributed by atoms with Gasteiger partial charge >= 0.3 is 11.9 Å². The van der Waals surface area contributed by atoms with Gasteiger partial charge < -0.3 is 24.3 Å². The van der Waals surface area contributed by atoms with Crippen LogP contribution in [0.25, 0.3) is 11.4 Å². The van der Waals surface area contributed by atoms with Gasteiger partial charge in [-0.2, -0.15) is 9.97 Å². The summed E-state index contributed by atoms with van der Waals surface area (Å²) in [5.74, 6) is -0.290. The van der Waals surface area contributed by atoms with Crippen LogP contribution in [0.3, 0.4) is 0 Å². The summed E-state index contributed by atoms with van der Waals surface area (Å²) in [4.78, 5) is 34.1. The summed E-state index contributed by atoms with van der Waals surface area (Å²) in [6.07, 6.45) is 0. The van der Waals surface area contributed by atoms with Gasteiger partial charge in [-0.15, -0.1) is 0 Å². The first kappa shape index (κ1) is 22.5. The number of methoxy groups -OCH3 is 2. The standard InChI is InChI=1S/C21H27N3O6Si/c1-12-20(25)30-18-14(22-12)8-7-13(17(18)21(26)29-9-10-31(4,5)6)19-23-15(27-2)11-16(24-19)28-3/h7-8,11-12,22H,9-10H2,1-6H3. The molecule has 10 heteroatoms. The lowest BCUT2D eigenvalue weighted by Gasteiger charge is -2.25. The number of fused-ring (bicyclic) bond motifs is 1. The lowest BCUT2D eigenvalue weighted by molar-refractivity contribution is -0.135. The van der Waals surface area contributed by atoms with E-state index in [2.05, 4.69) is 34.9 Å². The molecule has 1 unspecified atom stereocenters. The van der Waals surface area contributed by atoms with Gasteiger partial charge in [0.15, 0.2) is 11.6 Å². The van der Waals surface area contributed by atoms with Gasteiger partial charge in [0.05, 0.1) is 32.6 Å². The van der Waals surface area contributed by atoms with Crippen molar-refractivity contribution in [2.45, 2.75) is 38.7 Å². The lowest BCUT2D eigenvalue weighted by atomic mass is 10.0. The van der Waals surface area contributed by atoms with Crippen LogP contribution in [0.1, 0.15) is 17.3 Å². The van der Waals surface area contributed by atoms with Gasteiger partial charge in [0.1, 0.15) is 11.6 Å². The number of carbonyl (C=O) groups is 2. The second kappa shape index (κ2) is 8.92. The summed E-state index contributed by atoms with van der Waals surface area (Å²) in [5, 5.41) is 3.04. The molecule has 2 aromatic rings. The highest BCUT2D eigenvalue weighted by atomic mass is 28.3. The number of hydrogen-bond acceptors (Lipinski definition) is 9. The van der Waals surface area contributed by atoms with Crippen molar-refractivity contribution in [1.29, 1.82) is 0 Å². The maximum absolute atomic E-state index is 13.1. The van der Waals surface area contributed by atoms with Crippen molar-refractivity contribution >= 4 is 25.7 Å². The van der Waals surface area contributed by atoms with E-state index in [1.165, 1.54) is 20.3 Å². The number of nitrogens with one attached hydrogen (secondary N) is 1. The van der Waals surface area contributed by atoms with Gasteiger partial charge in [-0.05, 0) is 25.1 Å². The van der Waals surface area contributed by atoms with E-state index in [4.69, 9.17) is 18.9 Å². The third-order valence-corrected chi connectivity index (χ3v) is 6.42. The summed E-state index contributed by atoms with van der Waals surface area (Å²) < 4.78 is 21.5. The Labute approximate surface area is 182 Å². The maximum atomic E-state index is 13.1. The molecule has 166 valence electrons. The Kier molecular flexibility index (Phi) is 6.49. The smallest absolute Gasteiger partial charge is 0.342 e. The van der Waals surface area contributed by atoms with Crippen LogP contribution in [-0.4, -0.2) is 56.8 Å². The van der Waals surface area contributed by atoms with Gasteiger partial charge in [-0.3, -0.25) is 0 Å². The molecule has 0 bridgehead atoms. The molecule has 2 heterocycles. The van der Waals surface area contributed by atoms with E-state index in [-0.39, 0.29) is 35.5 Å². The number of aromatic nitrogens is 2. The van der Waals surface area contributed by atoms with E-state index in [1.807, 2.05) is 0 Å². The van der Waals surface area contributed by atoms with E-state index in [1.54, 1.807) is 19.1 Å². The van der Waals surface area contributed by atoms with Gasteiger partial charge in [-0.25, -0.2) is 9.59 Å². The van der Waals surface area contributed by atoms with Crippen LogP contribution in [0.4, 0.5) is 5.69 Å². The zero-order chi connectivity index (χ0) is 22.8. The molecule has 0 aliphatic carbocycles. The largest absolute Gasteiger partial charge is 0.481 e. The van der Waals surface area contributed by atoms with Crippen LogP contribution in [-0.2, 0) is 9.53 Å². The second-order valence-electron chi connectivity index (χ2n) is 8.37. The SMILES string of the molecule is COc1cc(OC)nc(-c2ccc3c(c2C(=O)OCC[Si](C)(C)C)OC(=O)C(C)N3)n1. The van der Waals surface area contributed by atoms with Crippen LogP contribution < -0.4 is 19.5 Å². The van der Waals surface area contributed by atoms with E-state index in [0.717, 1.165) is 6.04 Å². The fourth-order valence-electron chi connectivity index (χ4n) is 2.93. The lowest BCUT2D eigenvalue weighted by Crippen LogP contribution is -2.35. The number of hydrogen-bond donors (Lipinski definition) is 1. The first-order valence-corrected chi connectivity index (χ1v) is 13.6. The Bertz CT molecular complexity index is 983. The molecule has 9 nitrogen and oxygen atoms in total. The normalized spacial score (nSPS) is 15.4. The minimum Gasteiger partial charge on any atom is -0.481 e. The average Bonchev–Trinajstić information content (AvgIpc) is 2.72. The highest BCUT2D eigenvalue weighted by molar-refractivity contribution is 6.76. The van der Waals surface area contributed by atoms with Crippen LogP contribution in [0, 0.1) is 0 Å². The summed E-state index contributed by atoms with van der Waals surface area (Å²) in [7, 11) is 1.53. The average molecular weight is 446 g/mol. The van der Waals surface area contributed by atoms with Crippen LogP contribution in [0.5, 0.6) is 17.5 Å². The van der Waals surface area contributed by atoms with Crippen LogP contribution >= 0.6 is 0 Å². The third kappa shape index (κ3) is 5.13. The maximum Gasteiger partial charge on any atom is 0.342 e. The Morgan fingerprint density at radius 3 is 2.39 bits per heavy atom. The molecule has 0 fully saturated rings. The molecule has 0 radical (unpaired) electrons. The highest BCUT2D eigenvalue weighted by Crippen LogP contribution is 2.40. The topological polar surface area (TPSA) is 109 Å². The molecule has 1 aromatic carbocycles. The summed E-state index contributed by atoms with van der Waals surface area (Å²) in [5.41, 5.74) is 0.942. The van der Waals surface area contributed by atoms with Gasteiger partial charge in [0.2, 0.25) is 11.8 Å². The minimum absolute atomic E-state index is 0.0798. The predicted octanol–water partition coefficient (Wildman–Crippen LogP) is 3.38. The predicted molar refractivity (Wildman–Crippen MR) is 118 cm³/mol. The Morgan fingerprint density at radius 1 is 1.16 bits per heavy atom. The van der Waals surface area contributed by atoms with Crippen molar-refractivity contribution in [3.63, 3.8) is 0 Å². The fourth-order valence-corrected chi connectivity index (χ4v) is 3.64. The molecule has 1 atom stereocenters. The van der Waals surface area contributed by atoms with E-state index >= 15 is 0 Å². The molecule has 1 aliphatic rings. The fraction of sp³-hybridized carbons (Fsp3) is 0.429. The van der Waals surface area contributed by atoms with Crippen molar-refractivity contribution < 1.29 is 28.5 Å². The minimum atomic E-state index is -1.41. The molecule has 0 saturated heterocycles. The first-order valence-electron chi connectivity index (χ1n) is 9.92. The molecule has 31 heavy (non-hydrogen) atoms. The van der Waals surface area contributed by atoms with E-state index in [0.29, 0.717) is 11.3 Å². The molecular weight excluding hydrogens is 418 g/mol.